The zero-order valence-corrected chi connectivity index (χ0v) is 11.7. The molecule has 0 fully saturated rings. The Hall–Kier alpha value is -1.86. The fourth-order valence-corrected chi connectivity index (χ4v) is 3.86. The number of aromatic nitrogens is 2. The van der Waals surface area contributed by atoms with Gasteiger partial charge in [-0.05, 0) is 29.6 Å². The van der Waals surface area contributed by atoms with Gasteiger partial charge in [-0.1, -0.05) is 6.07 Å². The van der Waals surface area contributed by atoms with Crippen molar-refractivity contribution in [2.24, 2.45) is 7.05 Å². The molecule has 3 rings (SSSR count). The van der Waals surface area contributed by atoms with Crippen LogP contribution in [-0.2, 0) is 17.1 Å². The van der Waals surface area contributed by atoms with Crippen molar-refractivity contribution < 1.29 is 8.42 Å². The molecule has 0 saturated heterocycles. The first-order valence-electron chi connectivity index (χ1n) is 5.54. The molecule has 1 N–H and O–H groups in total. The lowest BCUT2D eigenvalue weighted by atomic mass is 10.3. The highest BCUT2D eigenvalue weighted by Crippen LogP contribution is 2.22. The minimum Gasteiger partial charge on any atom is -0.334 e. The van der Waals surface area contributed by atoms with Crippen LogP contribution in [-0.4, -0.2) is 18.0 Å². The molecule has 0 spiro atoms. The first kappa shape index (κ1) is 12.2. The number of thiophene rings is 1. The van der Waals surface area contributed by atoms with Crippen LogP contribution in [0.25, 0.3) is 11.0 Å². The summed E-state index contributed by atoms with van der Waals surface area (Å²) >= 11 is 1.19. The van der Waals surface area contributed by atoms with Crippen molar-refractivity contribution in [2.45, 2.75) is 4.21 Å². The standard InChI is InChI=1S/C12H11N3O2S2/c1-15-8-13-10-7-9(4-5-11(10)15)14-19(16,17)12-3-2-6-18-12/h2-8,14H,1H3. The van der Waals surface area contributed by atoms with Gasteiger partial charge in [0.1, 0.15) is 4.21 Å². The van der Waals surface area contributed by atoms with Crippen LogP contribution in [0.15, 0.2) is 46.2 Å². The van der Waals surface area contributed by atoms with Crippen LogP contribution in [0.5, 0.6) is 0 Å². The van der Waals surface area contributed by atoms with Crippen LogP contribution < -0.4 is 4.72 Å². The number of imidazole rings is 1. The van der Waals surface area contributed by atoms with Gasteiger partial charge >= 0.3 is 0 Å². The van der Waals surface area contributed by atoms with Crippen molar-refractivity contribution in [2.75, 3.05) is 4.72 Å². The second-order valence-electron chi connectivity index (χ2n) is 4.10. The number of anilines is 1. The van der Waals surface area contributed by atoms with E-state index in [2.05, 4.69) is 9.71 Å². The maximum atomic E-state index is 12.1. The average molecular weight is 293 g/mol. The van der Waals surface area contributed by atoms with E-state index in [0.29, 0.717) is 9.90 Å². The molecule has 0 unspecified atom stereocenters. The van der Waals surface area contributed by atoms with E-state index in [9.17, 15) is 8.42 Å². The summed E-state index contributed by atoms with van der Waals surface area (Å²) in [5.74, 6) is 0. The minimum absolute atomic E-state index is 0.300. The van der Waals surface area contributed by atoms with Gasteiger partial charge in [-0.3, -0.25) is 4.72 Å². The summed E-state index contributed by atoms with van der Waals surface area (Å²) < 4.78 is 28.9. The SMILES string of the molecule is Cn1cnc2cc(NS(=O)(=O)c3cccs3)ccc21. The van der Waals surface area contributed by atoms with Gasteiger partial charge in [0.2, 0.25) is 0 Å². The molecule has 2 aromatic heterocycles. The zero-order valence-electron chi connectivity index (χ0n) is 10.1. The normalized spacial score (nSPS) is 11.8. The number of fused-ring (bicyclic) bond motifs is 1. The molecule has 5 nitrogen and oxygen atoms in total. The number of sulfonamides is 1. The summed E-state index contributed by atoms with van der Waals surface area (Å²) in [5, 5.41) is 1.73. The van der Waals surface area contributed by atoms with Gasteiger partial charge < -0.3 is 4.57 Å². The maximum Gasteiger partial charge on any atom is 0.271 e. The summed E-state index contributed by atoms with van der Waals surface area (Å²) in [5.41, 5.74) is 2.23. The van der Waals surface area contributed by atoms with Gasteiger partial charge in [0.05, 0.1) is 23.0 Å². The van der Waals surface area contributed by atoms with E-state index in [1.165, 1.54) is 11.3 Å². The topological polar surface area (TPSA) is 64.0 Å². The van der Waals surface area contributed by atoms with Crippen molar-refractivity contribution in [1.82, 2.24) is 9.55 Å². The lowest BCUT2D eigenvalue weighted by molar-refractivity contribution is 0.603. The monoisotopic (exact) mass is 293 g/mol. The molecule has 19 heavy (non-hydrogen) atoms. The van der Waals surface area contributed by atoms with Gasteiger partial charge in [-0.15, -0.1) is 11.3 Å². The Morgan fingerprint density at radius 1 is 1.32 bits per heavy atom. The molecule has 1 aromatic carbocycles. The molecule has 3 aromatic rings. The number of nitrogens with zero attached hydrogens (tertiary/aromatic N) is 2. The number of benzene rings is 1. The Morgan fingerprint density at radius 2 is 2.16 bits per heavy atom. The van der Waals surface area contributed by atoms with Crippen LogP contribution in [0.3, 0.4) is 0 Å². The van der Waals surface area contributed by atoms with E-state index < -0.39 is 10.0 Å². The maximum absolute atomic E-state index is 12.1. The summed E-state index contributed by atoms with van der Waals surface area (Å²) in [7, 11) is -1.60. The molecule has 0 atom stereocenters. The highest BCUT2D eigenvalue weighted by Gasteiger charge is 2.15. The first-order valence-corrected chi connectivity index (χ1v) is 7.90. The second kappa shape index (κ2) is 4.36. The predicted molar refractivity (Wildman–Crippen MR) is 75.8 cm³/mol. The van der Waals surface area contributed by atoms with Gasteiger partial charge in [0, 0.05) is 7.05 Å². The van der Waals surface area contributed by atoms with Crippen LogP contribution in [0.1, 0.15) is 0 Å². The van der Waals surface area contributed by atoms with E-state index in [1.807, 2.05) is 17.7 Å². The van der Waals surface area contributed by atoms with Crippen molar-refractivity contribution in [3.8, 4) is 0 Å². The Balaban J connectivity index is 1.98. The molecule has 0 aliphatic rings. The molecule has 98 valence electrons. The fourth-order valence-electron chi connectivity index (χ4n) is 1.82. The molecule has 0 aliphatic heterocycles. The average Bonchev–Trinajstić information content (AvgIpc) is 2.99. The van der Waals surface area contributed by atoms with E-state index in [0.717, 1.165) is 11.0 Å². The van der Waals surface area contributed by atoms with Crippen LogP contribution in [0.2, 0.25) is 0 Å². The second-order valence-corrected chi connectivity index (χ2v) is 6.95. The summed E-state index contributed by atoms with van der Waals surface area (Å²) in [4.78, 5) is 4.20. The third kappa shape index (κ3) is 2.22. The molecular formula is C12H11N3O2S2. The smallest absolute Gasteiger partial charge is 0.271 e. The Morgan fingerprint density at radius 3 is 2.89 bits per heavy atom. The van der Waals surface area contributed by atoms with Crippen molar-refractivity contribution >= 4 is 38.1 Å². The Kier molecular flexibility index (Phi) is 2.79. The minimum atomic E-state index is -3.50. The van der Waals surface area contributed by atoms with Gasteiger partial charge in [-0.2, -0.15) is 0 Å². The van der Waals surface area contributed by atoms with Crippen molar-refractivity contribution in [3.05, 3.63) is 42.0 Å². The molecular weight excluding hydrogens is 282 g/mol. The van der Waals surface area contributed by atoms with E-state index in [1.54, 1.807) is 36.0 Å². The third-order valence-corrected chi connectivity index (χ3v) is 5.52. The number of nitrogens with one attached hydrogen (secondary N) is 1. The highest BCUT2D eigenvalue weighted by atomic mass is 32.2. The fraction of sp³-hybridized carbons (Fsp3) is 0.0833. The summed E-state index contributed by atoms with van der Waals surface area (Å²) in [6.45, 7) is 0. The van der Waals surface area contributed by atoms with Crippen molar-refractivity contribution in [3.63, 3.8) is 0 Å². The van der Waals surface area contributed by atoms with Crippen LogP contribution in [0, 0.1) is 0 Å². The van der Waals surface area contributed by atoms with Gasteiger partial charge in [0.15, 0.2) is 0 Å². The lowest BCUT2D eigenvalue weighted by Gasteiger charge is -2.06. The number of hydrogen-bond donors (Lipinski definition) is 1. The molecule has 0 bridgehead atoms. The number of rotatable bonds is 3. The molecule has 2 heterocycles. The summed E-state index contributed by atoms with van der Waals surface area (Å²) in [6.07, 6.45) is 1.70. The molecule has 0 saturated carbocycles. The highest BCUT2D eigenvalue weighted by molar-refractivity contribution is 7.94. The zero-order chi connectivity index (χ0) is 13.5. The molecule has 0 aliphatic carbocycles. The van der Waals surface area contributed by atoms with E-state index >= 15 is 0 Å². The summed E-state index contributed by atoms with van der Waals surface area (Å²) in [6, 6.07) is 8.58. The molecule has 0 amide bonds. The van der Waals surface area contributed by atoms with Crippen LogP contribution >= 0.6 is 11.3 Å². The first-order chi connectivity index (χ1) is 9.06. The third-order valence-electron chi connectivity index (χ3n) is 2.74. The largest absolute Gasteiger partial charge is 0.334 e. The van der Waals surface area contributed by atoms with Gasteiger partial charge in [-0.25, -0.2) is 13.4 Å². The predicted octanol–water partition coefficient (Wildman–Crippen LogP) is 2.44. The quantitative estimate of drug-likeness (QED) is 0.806. The molecule has 0 radical (unpaired) electrons. The molecule has 7 heteroatoms. The van der Waals surface area contributed by atoms with Gasteiger partial charge in [0.25, 0.3) is 10.0 Å². The van der Waals surface area contributed by atoms with E-state index in [-0.39, 0.29) is 0 Å². The number of hydrogen-bond acceptors (Lipinski definition) is 4. The number of aryl methyl sites for hydroxylation is 1. The van der Waals surface area contributed by atoms with E-state index in [4.69, 9.17) is 0 Å². The Bertz CT molecular complexity index is 820. The lowest BCUT2D eigenvalue weighted by Crippen LogP contribution is -2.11. The van der Waals surface area contributed by atoms with Crippen LogP contribution in [0.4, 0.5) is 5.69 Å². The van der Waals surface area contributed by atoms with Crippen molar-refractivity contribution in [1.29, 1.82) is 0 Å². The Labute approximate surface area is 114 Å².